The van der Waals surface area contributed by atoms with E-state index in [0.29, 0.717) is 11.3 Å². The number of aromatic nitrogens is 1. The summed E-state index contributed by atoms with van der Waals surface area (Å²) in [5.41, 5.74) is 1.86. The zero-order valence-electron chi connectivity index (χ0n) is 15.7. The molecule has 0 amide bonds. The number of halogens is 1. The summed E-state index contributed by atoms with van der Waals surface area (Å²) in [6.45, 7) is 2.51. The molecule has 9 heteroatoms. The van der Waals surface area contributed by atoms with E-state index in [4.69, 9.17) is 4.74 Å². The fourth-order valence-electron chi connectivity index (χ4n) is 2.94. The van der Waals surface area contributed by atoms with Gasteiger partial charge >= 0.3 is 5.97 Å². The molecule has 7 nitrogen and oxygen atoms in total. The number of carbonyl (C=O) groups excluding carboxylic acids is 2. The summed E-state index contributed by atoms with van der Waals surface area (Å²) in [6, 6.07) is 11.4. The molecule has 0 fully saturated rings. The van der Waals surface area contributed by atoms with Crippen LogP contribution in [0, 0.1) is 12.7 Å². The number of Topliss-reactive ketones (excluding diaryl/α,β-unsaturated/α-hetero) is 1. The number of hydrogen-bond donors (Lipinski definition) is 2. The molecule has 1 heterocycles. The van der Waals surface area contributed by atoms with E-state index in [-0.39, 0.29) is 4.90 Å². The number of H-pyrrole nitrogens is 1. The van der Waals surface area contributed by atoms with Gasteiger partial charge in [-0.2, -0.15) is 4.72 Å². The van der Waals surface area contributed by atoms with Crippen molar-refractivity contribution in [3.8, 4) is 0 Å². The molecule has 3 rings (SSSR count). The van der Waals surface area contributed by atoms with Crippen LogP contribution in [0.25, 0.3) is 10.9 Å². The Bertz CT molecular complexity index is 1170. The first-order chi connectivity index (χ1) is 13.7. The van der Waals surface area contributed by atoms with Gasteiger partial charge in [-0.25, -0.2) is 12.8 Å². The molecule has 1 aromatic heterocycles. The third kappa shape index (κ3) is 4.52. The Morgan fingerprint density at radius 1 is 1.14 bits per heavy atom. The minimum absolute atomic E-state index is 0.190. The Balaban J connectivity index is 1.65. The monoisotopic (exact) mass is 418 g/mol. The van der Waals surface area contributed by atoms with Crippen LogP contribution in [0.5, 0.6) is 0 Å². The standard InChI is InChI=1S/C20H19FN2O5S/c1-12-19(16-5-3-4-6-17(16)23-12)20(25)13(2)28-18(24)11-22-29(26,27)15-9-7-14(21)8-10-15/h3-10,13,22-23H,11H2,1-2H3/t13-/m1/s1. The second kappa shape index (κ2) is 8.14. The van der Waals surface area contributed by atoms with Gasteiger partial charge in [0.15, 0.2) is 6.10 Å². The third-order valence-electron chi connectivity index (χ3n) is 4.35. The lowest BCUT2D eigenvalue weighted by Crippen LogP contribution is -2.34. The average Bonchev–Trinajstić information content (AvgIpc) is 3.02. The van der Waals surface area contributed by atoms with Gasteiger partial charge in [-0.3, -0.25) is 9.59 Å². The van der Waals surface area contributed by atoms with Crippen molar-refractivity contribution in [2.24, 2.45) is 0 Å². The van der Waals surface area contributed by atoms with Crippen LogP contribution >= 0.6 is 0 Å². The molecule has 0 bridgehead atoms. The number of ether oxygens (including phenoxy) is 1. The van der Waals surface area contributed by atoms with Gasteiger partial charge in [0.25, 0.3) is 0 Å². The number of hydrogen-bond acceptors (Lipinski definition) is 5. The number of rotatable bonds is 7. The van der Waals surface area contributed by atoms with Crippen LogP contribution in [0.4, 0.5) is 4.39 Å². The number of aryl methyl sites for hydroxylation is 1. The molecule has 0 aliphatic carbocycles. The van der Waals surface area contributed by atoms with Gasteiger partial charge in [0, 0.05) is 22.2 Å². The molecule has 2 aromatic carbocycles. The van der Waals surface area contributed by atoms with Crippen molar-refractivity contribution in [2.45, 2.75) is 24.8 Å². The normalized spacial score (nSPS) is 12.7. The van der Waals surface area contributed by atoms with Crippen LogP contribution in [-0.2, 0) is 19.6 Å². The molecule has 3 aromatic rings. The van der Waals surface area contributed by atoms with E-state index in [0.717, 1.165) is 35.2 Å². The second-order valence-electron chi connectivity index (χ2n) is 6.45. The summed E-state index contributed by atoms with van der Waals surface area (Å²) in [5, 5.41) is 0.718. The van der Waals surface area contributed by atoms with Crippen molar-refractivity contribution in [1.29, 1.82) is 0 Å². The van der Waals surface area contributed by atoms with Crippen LogP contribution in [0.2, 0.25) is 0 Å². The molecule has 0 radical (unpaired) electrons. The maximum Gasteiger partial charge on any atom is 0.321 e. The number of esters is 1. The number of para-hydroxylation sites is 1. The first-order valence-corrected chi connectivity index (χ1v) is 10.2. The van der Waals surface area contributed by atoms with Gasteiger partial charge in [0.1, 0.15) is 12.4 Å². The Kier molecular flexibility index (Phi) is 5.81. The molecule has 0 saturated carbocycles. The number of nitrogens with one attached hydrogen (secondary N) is 2. The van der Waals surface area contributed by atoms with Crippen molar-refractivity contribution < 1.29 is 27.1 Å². The quantitative estimate of drug-likeness (QED) is 0.453. The van der Waals surface area contributed by atoms with Crippen LogP contribution in [-0.4, -0.2) is 37.8 Å². The maximum absolute atomic E-state index is 12.9. The largest absolute Gasteiger partial charge is 0.453 e. The van der Waals surface area contributed by atoms with E-state index in [9.17, 15) is 22.4 Å². The van der Waals surface area contributed by atoms with E-state index in [1.807, 2.05) is 12.1 Å². The molecule has 2 N–H and O–H groups in total. The topological polar surface area (TPSA) is 105 Å². The molecular weight excluding hydrogens is 399 g/mol. The lowest BCUT2D eigenvalue weighted by molar-refractivity contribution is -0.144. The predicted molar refractivity (Wildman–Crippen MR) is 105 cm³/mol. The number of ketones is 1. The zero-order chi connectivity index (χ0) is 21.2. The highest BCUT2D eigenvalue weighted by Gasteiger charge is 2.25. The van der Waals surface area contributed by atoms with Crippen LogP contribution < -0.4 is 4.72 Å². The van der Waals surface area contributed by atoms with E-state index in [1.165, 1.54) is 6.92 Å². The number of carbonyl (C=O) groups is 2. The lowest BCUT2D eigenvalue weighted by atomic mass is 10.0. The summed E-state index contributed by atoms with van der Waals surface area (Å²) in [5.74, 6) is -1.88. The van der Waals surface area contributed by atoms with Crippen molar-refractivity contribution in [3.05, 3.63) is 65.6 Å². The minimum Gasteiger partial charge on any atom is -0.453 e. The summed E-state index contributed by atoms with van der Waals surface area (Å²) in [7, 11) is -4.01. The molecule has 0 aliphatic rings. The number of sulfonamides is 1. The van der Waals surface area contributed by atoms with Gasteiger partial charge in [-0.05, 0) is 44.2 Å². The van der Waals surface area contributed by atoms with Gasteiger partial charge in [-0.1, -0.05) is 18.2 Å². The van der Waals surface area contributed by atoms with E-state index in [2.05, 4.69) is 9.71 Å². The van der Waals surface area contributed by atoms with Crippen LogP contribution in [0.15, 0.2) is 53.4 Å². The SMILES string of the molecule is Cc1[nH]c2ccccc2c1C(=O)[C@@H](C)OC(=O)CNS(=O)(=O)c1ccc(F)cc1. The van der Waals surface area contributed by atoms with E-state index < -0.39 is 40.2 Å². The Labute approximate surface area is 166 Å². The Morgan fingerprint density at radius 3 is 2.48 bits per heavy atom. The lowest BCUT2D eigenvalue weighted by Gasteiger charge is -2.13. The highest BCUT2D eigenvalue weighted by molar-refractivity contribution is 7.89. The number of fused-ring (bicyclic) bond motifs is 1. The summed E-state index contributed by atoms with van der Waals surface area (Å²) >= 11 is 0. The van der Waals surface area contributed by atoms with Crippen molar-refractivity contribution in [2.75, 3.05) is 6.54 Å². The molecule has 0 aliphatic heterocycles. The van der Waals surface area contributed by atoms with E-state index >= 15 is 0 Å². The molecule has 0 spiro atoms. The molecule has 0 unspecified atom stereocenters. The Morgan fingerprint density at radius 2 is 1.79 bits per heavy atom. The second-order valence-corrected chi connectivity index (χ2v) is 8.21. The summed E-state index contributed by atoms with van der Waals surface area (Å²) in [4.78, 5) is 27.7. The van der Waals surface area contributed by atoms with Crippen LogP contribution in [0.3, 0.4) is 0 Å². The highest BCUT2D eigenvalue weighted by Crippen LogP contribution is 2.23. The maximum atomic E-state index is 12.9. The van der Waals surface area contributed by atoms with Gasteiger partial charge in [0.05, 0.1) is 4.90 Å². The molecule has 152 valence electrons. The van der Waals surface area contributed by atoms with Gasteiger partial charge in [-0.15, -0.1) is 0 Å². The third-order valence-corrected chi connectivity index (χ3v) is 5.77. The first-order valence-electron chi connectivity index (χ1n) is 8.75. The smallest absolute Gasteiger partial charge is 0.321 e. The highest BCUT2D eigenvalue weighted by atomic mass is 32.2. The number of benzene rings is 2. The minimum atomic E-state index is -4.01. The van der Waals surface area contributed by atoms with Crippen molar-refractivity contribution in [1.82, 2.24) is 9.71 Å². The average molecular weight is 418 g/mol. The van der Waals surface area contributed by atoms with Crippen LogP contribution in [0.1, 0.15) is 23.0 Å². The fourth-order valence-corrected chi connectivity index (χ4v) is 3.91. The van der Waals surface area contributed by atoms with Gasteiger partial charge < -0.3 is 9.72 Å². The molecular formula is C20H19FN2O5S. The fraction of sp³-hybridized carbons (Fsp3) is 0.200. The first kappa shape index (κ1) is 20.7. The predicted octanol–water partition coefficient (Wildman–Crippen LogP) is 2.71. The zero-order valence-corrected chi connectivity index (χ0v) is 16.5. The molecule has 29 heavy (non-hydrogen) atoms. The summed E-state index contributed by atoms with van der Waals surface area (Å²) < 4.78 is 44.4. The summed E-state index contributed by atoms with van der Waals surface area (Å²) in [6.07, 6.45) is -1.10. The van der Waals surface area contributed by atoms with Crippen molar-refractivity contribution in [3.63, 3.8) is 0 Å². The van der Waals surface area contributed by atoms with Crippen molar-refractivity contribution >= 4 is 32.7 Å². The van der Waals surface area contributed by atoms with Gasteiger partial charge in [0.2, 0.25) is 15.8 Å². The molecule has 0 saturated heterocycles. The Hall–Kier alpha value is -3.04. The molecule has 1 atom stereocenters. The van der Waals surface area contributed by atoms with E-state index in [1.54, 1.807) is 19.1 Å². The number of aromatic amines is 1.